The van der Waals surface area contributed by atoms with Gasteiger partial charge < -0.3 is 28.8 Å². The van der Waals surface area contributed by atoms with E-state index < -0.39 is 17.9 Å². The number of carbonyl (C=O) groups excluding carboxylic acids is 1. The summed E-state index contributed by atoms with van der Waals surface area (Å²) in [5, 5.41) is 9.04. The zero-order valence-corrected chi connectivity index (χ0v) is 24.7. The molecule has 3 aromatic rings. The first-order valence-corrected chi connectivity index (χ1v) is 14.1. The lowest BCUT2D eigenvalue weighted by atomic mass is 9.84. The lowest BCUT2D eigenvalue weighted by Gasteiger charge is -2.30. The Morgan fingerprint density at radius 1 is 1.02 bits per heavy atom. The molecule has 0 spiro atoms. The third kappa shape index (κ3) is 8.20. The summed E-state index contributed by atoms with van der Waals surface area (Å²) in [5.41, 5.74) is 6.77. The van der Waals surface area contributed by atoms with E-state index in [9.17, 15) is 4.79 Å². The Bertz CT molecular complexity index is 1360. The van der Waals surface area contributed by atoms with Gasteiger partial charge in [0.05, 0.1) is 20.3 Å². The number of hydrogen-bond acceptors (Lipinski definition) is 9. The smallest absolute Gasteiger partial charge is 0.266 e. The van der Waals surface area contributed by atoms with Gasteiger partial charge in [0.15, 0.2) is 17.9 Å². The second-order valence-electron chi connectivity index (χ2n) is 9.82. The third-order valence-electron chi connectivity index (χ3n) is 6.96. The number of aliphatic hydroxyl groups excluding tert-OH is 1. The standard InChI is InChI=1S/C33H39N3O7/c1-39-28-14-7-13-26(22-28)30-33(19-8-12-24-10-5-4-6-11-24,32(38)36-34-23-29(40-2)41-3)35-31(43-30)25-15-17-27(18-16-25)42-21-9-20-37/h4-8,10-18,22,29-30,34,37H,9,19-21,23H2,1-3H3,(H,36,38)/b12-8+/t30-,33-/m0/s1. The van der Waals surface area contributed by atoms with Crippen LogP contribution in [0.15, 0.2) is 89.9 Å². The van der Waals surface area contributed by atoms with Crippen LogP contribution in [0.3, 0.4) is 0 Å². The highest BCUT2D eigenvalue weighted by Gasteiger charge is 2.52. The fourth-order valence-corrected chi connectivity index (χ4v) is 4.64. The molecule has 3 N–H and O–H groups in total. The van der Waals surface area contributed by atoms with Crippen LogP contribution in [0.4, 0.5) is 0 Å². The molecule has 0 fully saturated rings. The lowest BCUT2D eigenvalue weighted by molar-refractivity contribution is -0.131. The number of ether oxygens (including phenoxy) is 5. The van der Waals surface area contributed by atoms with Crippen LogP contribution in [-0.4, -0.2) is 69.8 Å². The van der Waals surface area contributed by atoms with E-state index in [1.165, 1.54) is 14.2 Å². The van der Waals surface area contributed by atoms with Crippen molar-refractivity contribution in [1.29, 1.82) is 0 Å². The zero-order valence-electron chi connectivity index (χ0n) is 24.7. The van der Waals surface area contributed by atoms with E-state index in [1.54, 1.807) is 7.11 Å². The fourth-order valence-electron chi connectivity index (χ4n) is 4.64. The van der Waals surface area contributed by atoms with Crippen molar-refractivity contribution in [1.82, 2.24) is 10.9 Å². The van der Waals surface area contributed by atoms with Gasteiger partial charge in [-0.15, -0.1) is 0 Å². The van der Waals surface area contributed by atoms with Crippen molar-refractivity contribution in [3.63, 3.8) is 0 Å². The molecule has 10 heteroatoms. The number of benzene rings is 3. The third-order valence-corrected chi connectivity index (χ3v) is 6.96. The second-order valence-corrected chi connectivity index (χ2v) is 9.82. The molecular formula is C33H39N3O7. The van der Waals surface area contributed by atoms with Crippen LogP contribution in [0.2, 0.25) is 0 Å². The van der Waals surface area contributed by atoms with Crippen molar-refractivity contribution < 1.29 is 33.6 Å². The largest absolute Gasteiger partial charge is 0.497 e. The monoisotopic (exact) mass is 589 g/mol. The number of methoxy groups -OCH3 is 3. The molecule has 1 amide bonds. The van der Waals surface area contributed by atoms with E-state index in [0.717, 1.165) is 11.1 Å². The van der Waals surface area contributed by atoms with E-state index in [1.807, 2.05) is 91.0 Å². The molecule has 2 atom stereocenters. The summed E-state index contributed by atoms with van der Waals surface area (Å²) in [4.78, 5) is 19.1. The van der Waals surface area contributed by atoms with Crippen LogP contribution in [0, 0.1) is 0 Å². The molecule has 1 heterocycles. The molecule has 0 aliphatic carbocycles. The number of aliphatic imine (C=N–C) groups is 1. The number of nitrogens with zero attached hydrogens (tertiary/aromatic N) is 1. The molecule has 43 heavy (non-hydrogen) atoms. The number of rotatable bonds is 16. The number of nitrogens with one attached hydrogen (secondary N) is 2. The highest BCUT2D eigenvalue weighted by atomic mass is 16.7. The van der Waals surface area contributed by atoms with Gasteiger partial charge in [0.2, 0.25) is 5.90 Å². The molecule has 1 aliphatic rings. The van der Waals surface area contributed by atoms with Crippen molar-refractivity contribution in [2.24, 2.45) is 4.99 Å². The Labute approximate surface area is 252 Å². The van der Waals surface area contributed by atoms with Gasteiger partial charge in [0.1, 0.15) is 11.5 Å². The second kappa shape index (κ2) is 15.9. The molecule has 1 aliphatic heterocycles. The Balaban J connectivity index is 1.72. The number of amides is 1. The first kappa shape index (κ1) is 31.7. The molecule has 0 saturated carbocycles. The van der Waals surface area contributed by atoms with Crippen molar-refractivity contribution in [2.45, 2.75) is 30.8 Å². The minimum atomic E-state index is -1.38. The molecule has 4 rings (SSSR count). The van der Waals surface area contributed by atoms with Gasteiger partial charge in [-0.3, -0.25) is 10.2 Å². The zero-order chi connectivity index (χ0) is 30.5. The van der Waals surface area contributed by atoms with Gasteiger partial charge in [-0.2, -0.15) is 0 Å². The van der Waals surface area contributed by atoms with E-state index in [0.29, 0.717) is 36.0 Å². The fraction of sp³-hybridized carbons (Fsp3) is 0.333. The quantitative estimate of drug-likeness (QED) is 0.130. The summed E-state index contributed by atoms with van der Waals surface area (Å²) in [6.07, 6.45) is 3.34. The Morgan fingerprint density at radius 2 is 1.79 bits per heavy atom. The summed E-state index contributed by atoms with van der Waals surface area (Å²) in [5.74, 6) is 1.23. The summed E-state index contributed by atoms with van der Waals surface area (Å²) < 4.78 is 28.2. The molecular weight excluding hydrogens is 550 g/mol. The van der Waals surface area contributed by atoms with Crippen LogP contribution < -0.4 is 20.3 Å². The number of hydrazine groups is 1. The SMILES string of the molecule is COc1cccc([C@@H]2OC(c3ccc(OCCCO)cc3)=N[C@]2(C/C=C/c2ccccc2)C(=O)NNCC(OC)OC)c1. The van der Waals surface area contributed by atoms with Crippen LogP contribution in [0.5, 0.6) is 11.5 Å². The Morgan fingerprint density at radius 3 is 2.49 bits per heavy atom. The van der Waals surface area contributed by atoms with Gasteiger partial charge in [-0.05, 0) is 47.5 Å². The molecule has 0 aromatic heterocycles. The van der Waals surface area contributed by atoms with Crippen LogP contribution in [0.25, 0.3) is 6.08 Å². The topological polar surface area (TPSA) is 120 Å². The van der Waals surface area contributed by atoms with Gasteiger partial charge in [-0.25, -0.2) is 10.4 Å². The molecule has 0 radical (unpaired) electrons. The maximum atomic E-state index is 14.1. The molecule has 0 saturated heterocycles. The van der Waals surface area contributed by atoms with Gasteiger partial charge >= 0.3 is 0 Å². The normalized spacial score (nSPS) is 18.0. The summed E-state index contributed by atoms with van der Waals surface area (Å²) >= 11 is 0. The minimum Gasteiger partial charge on any atom is -0.497 e. The molecule has 10 nitrogen and oxygen atoms in total. The Hall–Kier alpha value is -4.22. The van der Waals surface area contributed by atoms with E-state index in [4.69, 9.17) is 33.8 Å². The maximum absolute atomic E-state index is 14.1. The minimum absolute atomic E-state index is 0.0592. The average Bonchev–Trinajstić information content (AvgIpc) is 3.45. The Kier molecular flexibility index (Phi) is 11.7. The van der Waals surface area contributed by atoms with Crippen molar-refractivity contribution in [2.75, 3.05) is 41.1 Å². The first-order valence-electron chi connectivity index (χ1n) is 14.1. The van der Waals surface area contributed by atoms with Gasteiger partial charge in [-0.1, -0.05) is 54.6 Å². The summed E-state index contributed by atoms with van der Waals surface area (Å²) in [6.45, 7) is 0.680. The lowest BCUT2D eigenvalue weighted by Crippen LogP contribution is -2.54. The molecule has 0 bridgehead atoms. The average molecular weight is 590 g/mol. The molecule has 0 unspecified atom stereocenters. The van der Waals surface area contributed by atoms with E-state index in [2.05, 4.69) is 10.9 Å². The predicted molar refractivity (Wildman–Crippen MR) is 164 cm³/mol. The highest BCUT2D eigenvalue weighted by Crippen LogP contribution is 2.43. The van der Waals surface area contributed by atoms with Crippen LogP contribution in [0.1, 0.15) is 35.6 Å². The van der Waals surface area contributed by atoms with Crippen LogP contribution in [-0.2, 0) is 19.0 Å². The van der Waals surface area contributed by atoms with Crippen molar-refractivity contribution in [3.05, 3.63) is 102 Å². The molecule has 3 aromatic carbocycles. The van der Waals surface area contributed by atoms with Crippen LogP contribution >= 0.6 is 0 Å². The van der Waals surface area contributed by atoms with Gasteiger partial charge in [0.25, 0.3) is 5.91 Å². The van der Waals surface area contributed by atoms with Gasteiger partial charge in [0, 0.05) is 39.2 Å². The number of carbonyl (C=O) groups is 1. The summed E-state index contributed by atoms with van der Waals surface area (Å²) in [7, 11) is 4.64. The highest BCUT2D eigenvalue weighted by molar-refractivity contribution is 6.01. The van der Waals surface area contributed by atoms with E-state index >= 15 is 0 Å². The van der Waals surface area contributed by atoms with Crippen molar-refractivity contribution >= 4 is 17.9 Å². The van der Waals surface area contributed by atoms with Crippen molar-refractivity contribution in [3.8, 4) is 11.5 Å². The first-order chi connectivity index (χ1) is 21.0. The number of aliphatic hydroxyl groups is 1. The van der Waals surface area contributed by atoms with E-state index in [-0.39, 0.29) is 25.5 Å². The molecule has 228 valence electrons. The summed E-state index contributed by atoms with van der Waals surface area (Å²) in [6, 6.07) is 24.6. The maximum Gasteiger partial charge on any atom is 0.266 e. The predicted octanol–water partition coefficient (Wildman–Crippen LogP) is 4.06. The number of hydrogen-bond donors (Lipinski definition) is 3.